The van der Waals surface area contributed by atoms with E-state index in [1.54, 1.807) is 45.0 Å². The van der Waals surface area contributed by atoms with Gasteiger partial charge in [0.15, 0.2) is 0 Å². The highest BCUT2D eigenvalue weighted by atomic mass is 35.5. The first-order valence-electron chi connectivity index (χ1n) is 11.0. The maximum atomic E-state index is 11.6. The van der Waals surface area contributed by atoms with Crippen LogP contribution in [0.5, 0.6) is 5.75 Å². The molecule has 2 aliphatic heterocycles. The molecule has 0 aromatic heterocycles. The predicted molar refractivity (Wildman–Crippen MR) is 129 cm³/mol. The number of hydrogen-bond donors (Lipinski definition) is 3. The lowest BCUT2D eigenvalue weighted by Gasteiger charge is -2.16. The fraction of sp³-hybridized carbons (Fsp3) is 0.565. The number of benzene rings is 1. The molecule has 1 aromatic rings. The van der Waals surface area contributed by atoms with Gasteiger partial charge in [-0.05, 0) is 51.3 Å². The number of carboxylic acids is 1. The highest BCUT2D eigenvalue weighted by Gasteiger charge is 2.42. The Balaban J connectivity index is 0.000000241. The number of esters is 1. The zero-order valence-electron chi connectivity index (χ0n) is 19.5. The summed E-state index contributed by atoms with van der Waals surface area (Å²) >= 11 is 6.92. The van der Waals surface area contributed by atoms with Crippen molar-refractivity contribution in [1.29, 1.82) is 0 Å². The number of amides is 2. The largest absolute Gasteiger partial charge is 0.481 e. The first kappa shape index (κ1) is 27.8. The van der Waals surface area contributed by atoms with Gasteiger partial charge in [-0.1, -0.05) is 18.6 Å². The number of thioether (sulfide) groups is 1. The van der Waals surface area contributed by atoms with Gasteiger partial charge in [-0.3, -0.25) is 9.59 Å². The van der Waals surface area contributed by atoms with Gasteiger partial charge in [0.1, 0.15) is 12.4 Å². The van der Waals surface area contributed by atoms with Gasteiger partial charge in [-0.15, -0.1) is 0 Å². The van der Waals surface area contributed by atoms with Crippen LogP contribution in [0.1, 0.15) is 52.0 Å². The number of carboxylic acid groups (broad SMARTS) is 1. The van der Waals surface area contributed by atoms with Crippen LogP contribution in [0.4, 0.5) is 9.59 Å². The molecule has 188 valence electrons. The molecule has 2 fully saturated rings. The summed E-state index contributed by atoms with van der Waals surface area (Å²) in [7, 11) is 0. The minimum atomic E-state index is -0.849. The van der Waals surface area contributed by atoms with Crippen molar-refractivity contribution in [1.82, 2.24) is 10.6 Å². The van der Waals surface area contributed by atoms with E-state index in [0.717, 1.165) is 30.6 Å². The van der Waals surface area contributed by atoms with Crippen LogP contribution < -0.4 is 15.4 Å². The van der Waals surface area contributed by atoms with Gasteiger partial charge >= 0.3 is 23.4 Å². The smallest absolute Gasteiger partial charge is 0.404 e. The lowest BCUT2D eigenvalue weighted by Crippen LogP contribution is -2.36. The molecule has 34 heavy (non-hydrogen) atoms. The maximum absolute atomic E-state index is 11.6. The van der Waals surface area contributed by atoms with E-state index in [1.807, 2.05) is 11.8 Å². The molecule has 1 aromatic carbocycles. The Bertz CT molecular complexity index is 873. The molecule has 2 saturated heterocycles. The minimum absolute atomic E-state index is 0.0640. The molecule has 3 atom stereocenters. The van der Waals surface area contributed by atoms with Crippen LogP contribution in [0.25, 0.3) is 0 Å². The molecule has 0 aliphatic carbocycles. The lowest BCUT2D eigenvalue weighted by atomic mass is 9.97. The number of halogens is 1. The van der Waals surface area contributed by atoms with E-state index in [0.29, 0.717) is 11.0 Å². The highest BCUT2D eigenvalue weighted by molar-refractivity contribution is 8.00. The topological polar surface area (TPSA) is 131 Å². The van der Waals surface area contributed by atoms with E-state index in [9.17, 15) is 19.2 Å². The van der Waals surface area contributed by atoms with Crippen LogP contribution in [0.15, 0.2) is 24.3 Å². The van der Waals surface area contributed by atoms with E-state index >= 15 is 0 Å². The second-order valence-electron chi connectivity index (χ2n) is 9.07. The number of urea groups is 1. The fourth-order valence-electron chi connectivity index (χ4n) is 3.32. The number of rotatable bonds is 8. The number of hydrogen-bond acceptors (Lipinski definition) is 7. The molecule has 2 heterocycles. The number of carbonyl (C=O) groups is 4. The standard InChI is InChI=1S/C13H15ClO4.C10H16N2O3S/c1-13(2,3)11(15)18-10-6-4-9(5-7-10)8-17-12(14)16;13-8(14)4-2-1-3-7-9-6(5-16-7)11-10(15)12-9/h4-7H,8H2,1-3H3;6-7,9H,1-5H2,(H,13,14)(H2,11,12,15). The van der Waals surface area contributed by atoms with Crippen molar-refractivity contribution in [3.05, 3.63) is 29.8 Å². The van der Waals surface area contributed by atoms with Gasteiger partial charge in [0, 0.05) is 29.0 Å². The molecule has 2 aliphatic rings. The van der Waals surface area contributed by atoms with Crippen molar-refractivity contribution in [2.75, 3.05) is 5.75 Å². The van der Waals surface area contributed by atoms with Gasteiger partial charge < -0.3 is 25.2 Å². The second-order valence-corrected chi connectivity index (χ2v) is 10.7. The summed E-state index contributed by atoms with van der Waals surface area (Å²) in [5.74, 6) is 0.388. The van der Waals surface area contributed by atoms with Gasteiger partial charge in [0.2, 0.25) is 0 Å². The third-order valence-electron chi connectivity index (χ3n) is 5.17. The Morgan fingerprint density at radius 3 is 2.41 bits per heavy atom. The Labute approximate surface area is 208 Å². The number of carbonyl (C=O) groups excluding carboxylic acids is 3. The molecule has 3 unspecified atom stereocenters. The van der Waals surface area contributed by atoms with E-state index in [4.69, 9.17) is 21.4 Å². The van der Waals surface area contributed by atoms with E-state index < -0.39 is 16.8 Å². The van der Waals surface area contributed by atoms with E-state index in [1.165, 1.54) is 0 Å². The van der Waals surface area contributed by atoms with Crippen molar-refractivity contribution < 1.29 is 33.8 Å². The average molecular weight is 515 g/mol. The monoisotopic (exact) mass is 514 g/mol. The lowest BCUT2D eigenvalue weighted by molar-refractivity contribution is -0.143. The molecule has 0 bridgehead atoms. The van der Waals surface area contributed by atoms with Gasteiger partial charge in [-0.2, -0.15) is 11.8 Å². The summed E-state index contributed by atoms with van der Waals surface area (Å²) in [6.07, 6.45) is 2.88. The summed E-state index contributed by atoms with van der Waals surface area (Å²) in [5, 5.41) is 14.8. The first-order chi connectivity index (χ1) is 16.0. The average Bonchev–Trinajstić information content (AvgIpc) is 3.29. The zero-order valence-corrected chi connectivity index (χ0v) is 21.0. The Kier molecular flexibility index (Phi) is 10.5. The molecule has 3 N–H and O–H groups in total. The summed E-state index contributed by atoms with van der Waals surface area (Å²) in [4.78, 5) is 43.5. The highest BCUT2D eigenvalue weighted by Crippen LogP contribution is 2.33. The number of unbranched alkanes of at least 4 members (excludes halogenated alkanes) is 1. The van der Waals surface area contributed by atoms with Gasteiger partial charge in [0.25, 0.3) is 0 Å². The van der Waals surface area contributed by atoms with Crippen LogP contribution >= 0.6 is 23.4 Å². The summed E-state index contributed by atoms with van der Waals surface area (Å²) < 4.78 is 9.81. The molecule has 0 saturated carbocycles. The Hall–Kier alpha value is -2.46. The molecule has 9 nitrogen and oxygen atoms in total. The van der Waals surface area contributed by atoms with Crippen LogP contribution in [0.2, 0.25) is 0 Å². The predicted octanol–water partition coefficient (Wildman–Crippen LogP) is 4.31. The zero-order chi connectivity index (χ0) is 25.3. The maximum Gasteiger partial charge on any atom is 0.404 e. The van der Waals surface area contributed by atoms with Crippen LogP contribution in [0.3, 0.4) is 0 Å². The van der Waals surface area contributed by atoms with Gasteiger partial charge in [-0.25, -0.2) is 9.59 Å². The quantitative estimate of drug-likeness (QED) is 0.154. The van der Waals surface area contributed by atoms with Crippen molar-refractivity contribution in [3.8, 4) is 5.75 Å². The summed E-state index contributed by atoms with van der Waals surface area (Å²) in [5.41, 5.74) is -0.634. The third kappa shape index (κ3) is 9.42. The Morgan fingerprint density at radius 1 is 1.15 bits per heavy atom. The molecule has 3 rings (SSSR count). The number of nitrogens with one attached hydrogen (secondary N) is 2. The van der Waals surface area contributed by atoms with Crippen molar-refractivity contribution in [2.24, 2.45) is 5.41 Å². The van der Waals surface area contributed by atoms with Crippen LogP contribution in [0, 0.1) is 5.41 Å². The van der Waals surface area contributed by atoms with Crippen molar-refractivity contribution in [2.45, 2.75) is 70.4 Å². The molecule has 0 radical (unpaired) electrons. The van der Waals surface area contributed by atoms with Crippen LogP contribution in [-0.2, 0) is 20.9 Å². The Morgan fingerprint density at radius 2 is 1.82 bits per heavy atom. The SMILES string of the molecule is CC(C)(C)C(=O)Oc1ccc(COC(=O)Cl)cc1.O=C(O)CCCCC1SCC2NC(=O)NC21. The normalized spacial score (nSPS) is 20.8. The number of fused-ring (bicyclic) bond motifs is 1. The molecule has 0 spiro atoms. The summed E-state index contributed by atoms with van der Waals surface area (Å²) in [6, 6.07) is 7.12. The first-order valence-corrected chi connectivity index (χ1v) is 12.4. The van der Waals surface area contributed by atoms with Crippen molar-refractivity contribution in [3.63, 3.8) is 0 Å². The third-order valence-corrected chi connectivity index (χ3v) is 6.78. The van der Waals surface area contributed by atoms with E-state index in [-0.39, 0.29) is 37.1 Å². The fourth-order valence-corrected chi connectivity index (χ4v) is 4.92. The number of aliphatic carboxylic acids is 1. The molecule has 2 amide bonds. The van der Waals surface area contributed by atoms with Crippen molar-refractivity contribution >= 4 is 46.8 Å². The molecular formula is C23H31ClN2O7S. The molecular weight excluding hydrogens is 484 g/mol. The summed E-state index contributed by atoms with van der Waals surface area (Å²) in [6.45, 7) is 5.44. The molecule has 11 heteroatoms. The van der Waals surface area contributed by atoms with Crippen LogP contribution in [-0.4, -0.2) is 51.6 Å². The second kappa shape index (κ2) is 12.9. The van der Waals surface area contributed by atoms with E-state index in [2.05, 4.69) is 15.4 Å². The number of ether oxygens (including phenoxy) is 2. The van der Waals surface area contributed by atoms with Gasteiger partial charge in [0.05, 0.1) is 17.5 Å². The minimum Gasteiger partial charge on any atom is -0.481 e.